The molecule has 2 amide bonds. The van der Waals surface area contributed by atoms with Crippen LogP contribution in [0.5, 0.6) is 23.0 Å². The Hall–Kier alpha value is -4.41. The fourth-order valence-corrected chi connectivity index (χ4v) is 4.84. The van der Waals surface area contributed by atoms with Crippen LogP contribution in [0.4, 0.5) is 10.1 Å². The van der Waals surface area contributed by atoms with Gasteiger partial charge in [-0.05, 0) is 73.8 Å². The number of fused-ring (bicyclic) bond motifs is 1. The molecular weight excluding hydrogens is 563 g/mol. The van der Waals surface area contributed by atoms with E-state index in [0.29, 0.717) is 45.7 Å². The van der Waals surface area contributed by atoms with Gasteiger partial charge in [-0.3, -0.25) is 14.6 Å². The molecule has 0 unspecified atom stereocenters. The van der Waals surface area contributed by atoms with E-state index in [9.17, 15) is 9.59 Å². The number of aromatic nitrogens is 1. The van der Waals surface area contributed by atoms with Crippen molar-refractivity contribution >= 4 is 40.0 Å². The number of nitrogens with one attached hydrogen (secondary N) is 3. The molecule has 0 spiro atoms. The van der Waals surface area contributed by atoms with Gasteiger partial charge in [0.15, 0.2) is 23.1 Å². The average Bonchev–Trinajstić information content (AvgIpc) is 3.00. The summed E-state index contributed by atoms with van der Waals surface area (Å²) in [5, 5.41) is 9.37. The first kappa shape index (κ1) is 29.1. The van der Waals surface area contributed by atoms with E-state index < -0.39 is 17.6 Å². The highest BCUT2D eigenvalue weighted by Crippen LogP contribution is 2.38. The topological polar surface area (TPSA) is 111 Å². The van der Waals surface area contributed by atoms with E-state index in [2.05, 4.69) is 20.9 Å². The number of anilines is 1. The predicted octanol–water partition coefficient (Wildman–Crippen LogP) is 5.46. The molecule has 218 valence electrons. The second-order valence-electron chi connectivity index (χ2n) is 9.85. The number of pyridine rings is 1. The summed E-state index contributed by atoms with van der Waals surface area (Å²) in [5.41, 5.74) is 1.43. The van der Waals surface area contributed by atoms with Crippen LogP contribution < -0.4 is 30.2 Å². The van der Waals surface area contributed by atoms with Crippen LogP contribution in [-0.4, -0.2) is 43.6 Å². The number of rotatable bonds is 9. The second kappa shape index (κ2) is 13.5. The van der Waals surface area contributed by atoms with Gasteiger partial charge in [0.25, 0.3) is 0 Å². The Morgan fingerprint density at radius 2 is 1.83 bits per heavy atom. The molecule has 3 aromatic carbocycles. The Morgan fingerprint density at radius 1 is 1.00 bits per heavy atom. The standard InChI is InChI=1S/C31H30ClFN4O5/c1-40-28-15-23-25(16-29(28)41-18-19-7-10-34-11-8-19)35-12-9-26(23)42-27-6-5-22(14-24(27)33)37-31(39)30(38)36-17-20-3-2-4-21(32)13-20/h2-6,9,12-16,19,34H,7-8,10-11,17-18H2,1H3,(H,36,38)(H,37,39). The number of nitrogens with zero attached hydrogens (tertiary/aromatic N) is 1. The van der Waals surface area contributed by atoms with Crippen LogP contribution >= 0.6 is 11.6 Å². The van der Waals surface area contributed by atoms with Crippen molar-refractivity contribution in [1.82, 2.24) is 15.6 Å². The lowest BCUT2D eigenvalue weighted by Gasteiger charge is -2.23. The van der Waals surface area contributed by atoms with Crippen molar-refractivity contribution in [1.29, 1.82) is 0 Å². The summed E-state index contributed by atoms with van der Waals surface area (Å²) in [6, 6.07) is 15.9. The van der Waals surface area contributed by atoms with E-state index in [4.69, 9.17) is 25.8 Å². The van der Waals surface area contributed by atoms with Gasteiger partial charge in [-0.15, -0.1) is 0 Å². The third-order valence-electron chi connectivity index (χ3n) is 6.88. The van der Waals surface area contributed by atoms with Crippen LogP contribution in [0.2, 0.25) is 5.02 Å². The van der Waals surface area contributed by atoms with Crippen molar-refractivity contribution in [2.45, 2.75) is 19.4 Å². The van der Waals surface area contributed by atoms with Gasteiger partial charge in [-0.25, -0.2) is 4.39 Å². The summed E-state index contributed by atoms with van der Waals surface area (Å²) in [4.78, 5) is 29.0. The van der Waals surface area contributed by atoms with E-state index >= 15 is 4.39 Å². The van der Waals surface area contributed by atoms with Gasteiger partial charge >= 0.3 is 11.8 Å². The summed E-state index contributed by atoms with van der Waals surface area (Å²) in [6.45, 7) is 2.66. The number of hydrogen-bond acceptors (Lipinski definition) is 7. The molecule has 0 aliphatic carbocycles. The van der Waals surface area contributed by atoms with Gasteiger partial charge in [0.2, 0.25) is 0 Å². The number of carbonyl (C=O) groups is 2. The minimum Gasteiger partial charge on any atom is -0.493 e. The molecule has 11 heteroatoms. The number of piperidine rings is 1. The number of methoxy groups -OCH3 is 1. The molecule has 1 aromatic heterocycles. The highest BCUT2D eigenvalue weighted by atomic mass is 35.5. The molecule has 3 N–H and O–H groups in total. The van der Waals surface area contributed by atoms with Gasteiger partial charge in [-0.2, -0.15) is 0 Å². The van der Waals surface area contributed by atoms with Gasteiger partial charge in [0.05, 0.1) is 19.2 Å². The first-order valence-corrected chi connectivity index (χ1v) is 13.9. The molecule has 1 aliphatic rings. The van der Waals surface area contributed by atoms with Crippen LogP contribution in [0.15, 0.2) is 66.9 Å². The fourth-order valence-electron chi connectivity index (χ4n) is 4.62. The van der Waals surface area contributed by atoms with E-state index in [1.54, 1.807) is 55.8 Å². The minimum absolute atomic E-state index is 0.0730. The highest BCUT2D eigenvalue weighted by molar-refractivity contribution is 6.39. The van der Waals surface area contributed by atoms with Gasteiger partial charge in [-0.1, -0.05) is 23.7 Å². The Morgan fingerprint density at radius 3 is 2.60 bits per heavy atom. The third-order valence-corrected chi connectivity index (χ3v) is 7.11. The summed E-state index contributed by atoms with van der Waals surface area (Å²) in [6.07, 6.45) is 3.67. The minimum atomic E-state index is -0.935. The zero-order valence-corrected chi connectivity index (χ0v) is 23.7. The highest BCUT2D eigenvalue weighted by Gasteiger charge is 2.18. The molecule has 0 radical (unpaired) electrons. The van der Waals surface area contributed by atoms with Crippen molar-refractivity contribution < 1.29 is 28.2 Å². The van der Waals surface area contributed by atoms with Crippen molar-refractivity contribution in [2.24, 2.45) is 5.92 Å². The predicted molar refractivity (Wildman–Crippen MR) is 158 cm³/mol. The van der Waals surface area contributed by atoms with Crippen molar-refractivity contribution in [3.8, 4) is 23.0 Å². The van der Waals surface area contributed by atoms with E-state index in [0.717, 1.165) is 37.6 Å². The fraction of sp³-hybridized carbons (Fsp3) is 0.258. The summed E-state index contributed by atoms with van der Waals surface area (Å²) < 4.78 is 32.6. The summed E-state index contributed by atoms with van der Waals surface area (Å²) in [5.74, 6) is -0.685. The van der Waals surface area contributed by atoms with Crippen LogP contribution in [0.3, 0.4) is 0 Å². The van der Waals surface area contributed by atoms with E-state index in [1.807, 2.05) is 0 Å². The largest absolute Gasteiger partial charge is 0.493 e. The molecule has 1 aliphatic heterocycles. The number of amides is 2. The first-order valence-electron chi connectivity index (χ1n) is 13.5. The monoisotopic (exact) mass is 592 g/mol. The summed E-state index contributed by atoms with van der Waals surface area (Å²) >= 11 is 5.94. The molecule has 1 saturated heterocycles. The lowest BCUT2D eigenvalue weighted by molar-refractivity contribution is -0.136. The molecule has 0 atom stereocenters. The normalized spacial score (nSPS) is 13.4. The number of carbonyl (C=O) groups excluding carboxylic acids is 2. The van der Waals surface area contributed by atoms with E-state index in [1.165, 1.54) is 12.1 Å². The van der Waals surface area contributed by atoms with Crippen LogP contribution in [0, 0.1) is 11.7 Å². The summed E-state index contributed by atoms with van der Waals surface area (Å²) in [7, 11) is 1.56. The quantitative estimate of drug-likeness (QED) is 0.221. The van der Waals surface area contributed by atoms with Gasteiger partial charge < -0.3 is 30.2 Å². The molecule has 4 aromatic rings. The van der Waals surface area contributed by atoms with Crippen molar-refractivity contribution in [2.75, 3.05) is 32.1 Å². The average molecular weight is 593 g/mol. The second-order valence-corrected chi connectivity index (χ2v) is 10.3. The first-order chi connectivity index (χ1) is 20.4. The zero-order valence-electron chi connectivity index (χ0n) is 22.9. The zero-order chi connectivity index (χ0) is 29.5. The Bertz CT molecular complexity index is 1600. The van der Waals surface area contributed by atoms with Crippen LogP contribution in [0.1, 0.15) is 18.4 Å². The lowest BCUT2D eigenvalue weighted by atomic mass is 9.99. The number of benzene rings is 3. The maximum absolute atomic E-state index is 15.0. The Labute approximate surface area is 247 Å². The smallest absolute Gasteiger partial charge is 0.313 e. The van der Waals surface area contributed by atoms with Gasteiger partial charge in [0, 0.05) is 41.0 Å². The molecule has 2 heterocycles. The number of ether oxygens (including phenoxy) is 3. The van der Waals surface area contributed by atoms with Crippen LogP contribution in [0.25, 0.3) is 10.9 Å². The van der Waals surface area contributed by atoms with E-state index in [-0.39, 0.29) is 18.0 Å². The molecule has 5 rings (SSSR count). The maximum Gasteiger partial charge on any atom is 0.313 e. The molecular formula is C31H30ClFN4O5. The molecule has 0 saturated carbocycles. The van der Waals surface area contributed by atoms with Crippen LogP contribution in [-0.2, 0) is 16.1 Å². The maximum atomic E-state index is 15.0. The SMILES string of the molecule is COc1cc2c(Oc3ccc(NC(=O)C(=O)NCc4cccc(Cl)c4)cc3F)ccnc2cc1OCC1CCNCC1. The molecule has 42 heavy (non-hydrogen) atoms. The van der Waals surface area contributed by atoms with Crippen molar-refractivity contribution in [3.05, 3.63) is 83.3 Å². The number of halogens is 2. The Kier molecular flexibility index (Phi) is 9.35. The number of hydrogen-bond donors (Lipinski definition) is 3. The molecule has 9 nitrogen and oxygen atoms in total. The Balaban J connectivity index is 1.25. The lowest BCUT2D eigenvalue weighted by Crippen LogP contribution is -2.34. The van der Waals surface area contributed by atoms with Crippen molar-refractivity contribution in [3.63, 3.8) is 0 Å². The molecule has 0 bridgehead atoms. The van der Waals surface area contributed by atoms with Gasteiger partial charge in [0.1, 0.15) is 5.75 Å². The molecule has 1 fully saturated rings. The third kappa shape index (κ3) is 7.26.